The molecule has 1 aliphatic carbocycles. The van der Waals surface area contributed by atoms with Crippen LogP contribution < -0.4 is 5.32 Å². The lowest BCUT2D eigenvalue weighted by Gasteiger charge is -2.30. The molecule has 2 amide bonds. The summed E-state index contributed by atoms with van der Waals surface area (Å²) in [4.78, 5) is 42.3. The first-order chi connectivity index (χ1) is 12.6. The normalized spacial score (nSPS) is 18.7. The van der Waals surface area contributed by atoms with Crippen molar-refractivity contribution < 1.29 is 19.1 Å². The molecule has 3 rings (SSSR count). The lowest BCUT2D eigenvalue weighted by atomic mass is 9.97. The SMILES string of the molecule is COC(=O)C1CCN(C(=O)Cc2csc(NC(=O)C3CCCC3)n2)CC1. The zero-order valence-corrected chi connectivity index (χ0v) is 15.8. The van der Waals surface area contributed by atoms with E-state index in [2.05, 4.69) is 10.3 Å². The van der Waals surface area contributed by atoms with Crippen molar-refractivity contribution in [1.29, 1.82) is 0 Å². The molecule has 1 saturated heterocycles. The summed E-state index contributed by atoms with van der Waals surface area (Å²) >= 11 is 1.36. The largest absolute Gasteiger partial charge is 0.469 e. The maximum Gasteiger partial charge on any atom is 0.308 e. The number of hydrogen-bond acceptors (Lipinski definition) is 6. The zero-order valence-electron chi connectivity index (χ0n) is 15.0. The van der Waals surface area contributed by atoms with E-state index in [9.17, 15) is 14.4 Å². The summed E-state index contributed by atoms with van der Waals surface area (Å²) in [5.74, 6) is -0.160. The van der Waals surface area contributed by atoms with Crippen molar-refractivity contribution in [3.05, 3.63) is 11.1 Å². The number of likely N-dealkylation sites (tertiary alicyclic amines) is 1. The number of piperidine rings is 1. The first-order valence-corrected chi connectivity index (χ1v) is 10.1. The van der Waals surface area contributed by atoms with Gasteiger partial charge in [-0.05, 0) is 25.7 Å². The molecule has 2 fully saturated rings. The van der Waals surface area contributed by atoms with E-state index in [0.717, 1.165) is 25.7 Å². The monoisotopic (exact) mass is 379 g/mol. The van der Waals surface area contributed by atoms with Crippen LogP contribution in [0.1, 0.15) is 44.2 Å². The Hall–Kier alpha value is -1.96. The van der Waals surface area contributed by atoms with Crippen LogP contribution in [0.3, 0.4) is 0 Å². The molecule has 1 aromatic heterocycles. The topological polar surface area (TPSA) is 88.6 Å². The highest BCUT2D eigenvalue weighted by atomic mass is 32.1. The quantitative estimate of drug-likeness (QED) is 0.793. The highest BCUT2D eigenvalue weighted by molar-refractivity contribution is 7.13. The third-order valence-electron chi connectivity index (χ3n) is 5.22. The molecule has 0 atom stereocenters. The van der Waals surface area contributed by atoms with Gasteiger partial charge in [0.1, 0.15) is 0 Å². The Balaban J connectivity index is 1.47. The summed E-state index contributed by atoms with van der Waals surface area (Å²) in [6.45, 7) is 1.13. The number of ether oxygens (including phenoxy) is 1. The second-order valence-corrected chi connectivity index (χ2v) is 7.83. The van der Waals surface area contributed by atoms with E-state index in [0.29, 0.717) is 36.8 Å². The molecule has 1 aliphatic heterocycles. The van der Waals surface area contributed by atoms with Gasteiger partial charge in [0.15, 0.2) is 5.13 Å². The number of carbonyl (C=O) groups excluding carboxylic acids is 3. The van der Waals surface area contributed by atoms with Crippen LogP contribution in [0.2, 0.25) is 0 Å². The minimum Gasteiger partial charge on any atom is -0.469 e. The average molecular weight is 379 g/mol. The molecule has 2 aliphatic rings. The number of anilines is 1. The highest BCUT2D eigenvalue weighted by Gasteiger charge is 2.28. The molecular weight excluding hydrogens is 354 g/mol. The van der Waals surface area contributed by atoms with Gasteiger partial charge in [0, 0.05) is 24.4 Å². The minimum absolute atomic E-state index is 0.00675. The van der Waals surface area contributed by atoms with Crippen molar-refractivity contribution in [2.75, 3.05) is 25.5 Å². The Kier molecular flexibility index (Phi) is 6.24. The first-order valence-electron chi connectivity index (χ1n) is 9.17. The van der Waals surface area contributed by atoms with E-state index in [-0.39, 0.29) is 36.0 Å². The molecule has 0 spiro atoms. The molecule has 2 heterocycles. The fourth-order valence-corrected chi connectivity index (χ4v) is 4.35. The van der Waals surface area contributed by atoms with Gasteiger partial charge in [-0.1, -0.05) is 12.8 Å². The molecule has 26 heavy (non-hydrogen) atoms. The number of methoxy groups -OCH3 is 1. The number of nitrogens with zero attached hydrogens (tertiary/aromatic N) is 2. The molecule has 1 aromatic rings. The Morgan fingerprint density at radius 2 is 1.88 bits per heavy atom. The summed E-state index contributed by atoms with van der Waals surface area (Å²) in [6.07, 6.45) is 5.62. The lowest BCUT2D eigenvalue weighted by Crippen LogP contribution is -2.41. The van der Waals surface area contributed by atoms with E-state index in [4.69, 9.17) is 4.74 Å². The van der Waals surface area contributed by atoms with Crippen LogP contribution in [0, 0.1) is 11.8 Å². The van der Waals surface area contributed by atoms with Gasteiger partial charge in [0.05, 0.1) is 25.1 Å². The van der Waals surface area contributed by atoms with Gasteiger partial charge in [-0.15, -0.1) is 11.3 Å². The minimum atomic E-state index is -0.195. The second kappa shape index (κ2) is 8.62. The van der Waals surface area contributed by atoms with Crippen LogP contribution in [0.25, 0.3) is 0 Å². The standard InChI is InChI=1S/C18H25N3O4S/c1-25-17(24)13-6-8-21(9-7-13)15(22)10-14-11-26-18(19-14)20-16(23)12-4-2-3-5-12/h11-13H,2-10H2,1H3,(H,19,20,23). The van der Waals surface area contributed by atoms with Gasteiger partial charge in [0.25, 0.3) is 0 Å². The number of amides is 2. The summed E-state index contributed by atoms with van der Waals surface area (Å²) in [7, 11) is 1.39. The maximum absolute atomic E-state index is 12.4. The van der Waals surface area contributed by atoms with Gasteiger partial charge in [-0.3, -0.25) is 14.4 Å². The van der Waals surface area contributed by atoms with E-state index in [1.54, 1.807) is 4.90 Å². The summed E-state index contributed by atoms with van der Waals surface area (Å²) in [6, 6.07) is 0. The summed E-state index contributed by atoms with van der Waals surface area (Å²) in [5, 5.41) is 5.26. The van der Waals surface area contributed by atoms with Gasteiger partial charge in [0.2, 0.25) is 11.8 Å². The van der Waals surface area contributed by atoms with Crippen molar-refractivity contribution in [3.8, 4) is 0 Å². The summed E-state index contributed by atoms with van der Waals surface area (Å²) < 4.78 is 4.77. The Bertz CT molecular complexity index is 661. The molecule has 142 valence electrons. The fourth-order valence-electron chi connectivity index (χ4n) is 3.64. The number of aromatic nitrogens is 1. The van der Waals surface area contributed by atoms with Crippen molar-refractivity contribution in [3.63, 3.8) is 0 Å². The van der Waals surface area contributed by atoms with E-state index in [1.165, 1.54) is 18.4 Å². The number of nitrogens with one attached hydrogen (secondary N) is 1. The van der Waals surface area contributed by atoms with Crippen LogP contribution in [0.15, 0.2) is 5.38 Å². The molecule has 0 bridgehead atoms. The number of esters is 1. The molecular formula is C18H25N3O4S. The number of carbonyl (C=O) groups is 3. The fraction of sp³-hybridized carbons (Fsp3) is 0.667. The van der Waals surface area contributed by atoms with Crippen LogP contribution in [-0.4, -0.2) is 47.9 Å². The Morgan fingerprint density at radius 1 is 1.19 bits per heavy atom. The van der Waals surface area contributed by atoms with Crippen LogP contribution in [0.5, 0.6) is 0 Å². The van der Waals surface area contributed by atoms with Gasteiger partial charge in [-0.25, -0.2) is 4.98 Å². The van der Waals surface area contributed by atoms with E-state index in [1.807, 2.05) is 5.38 Å². The predicted octanol–water partition coefficient (Wildman–Crippen LogP) is 2.23. The Morgan fingerprint density at radius 3 is 2.54 bits per heavy atom. The molecule has 1 N–H and O–H groups in total. The number of hydrogen-bond donors (Lipinski definition) is 1. The second-order valence-electron chi connectivity index (χ2n) is 6.97. The maximum atomic E-state index is 12.4. The third kappa shape index (κ3) is 4.60. The van der Waals surface area contributed by atoms with Crippen molar-refractivity contribution in [2.24, 2.45) is 11.8 Å². The van der Waals surface area contributed by atoms with Crippen LogP contribution in [0.4, 0.5) is 5.13 Å². The first kappa shape index (κ1) is 18.8. The average Bonchev–Trinajstić information content (AvgIpc) is 3.33. The van der Waals surface area contributed by atoms with Gasteiger partial charge in [-0.2, -0.15) is 0 Å². The van der Waals surface area contributed by atoms with E-state index >= 15 is 0 Å². The van der Waals surface area contributed by atoms with Crippen molar-refractivity contribution in [1.82, 2.24) is 9.88 Å². The molecule has 8 heteroatoms. The molecule has 0 radical (unpaired) electrons. The van der Waals surface area contributed by atoms with Gasteiger partial charge >= 0.3 is 5.97 Å². The van der Waals surface area contributed by atoms with E-state index < -0.39 is 0 Å². The summed E-state index contributed by atoms with van der Waals surface area (Å²) in [5.41, 5.74) is 0.678. The molecule has 7 nitrogen and oxygen atoms in total. The number of rotatable bonds is 5. The van der Waals surface area contributed by atoms with Crippen LogP contribution >= 0.6 is 11.3 Å². The van der Waals surface area contributed by atoms with Crippen LogP contribution in [-0.2, 0) is 25.5 Å². The molecule has 0 aromatic carbocycles. The highest BCUT2D eigenvalue weighted by Crippen LogP contribution is 2.27. The van der Waals surface area contributed by atoms with Gasteiger partial charge < -0.3 is 15.0 Å². The van der Waals surface area contributed by atoms with Crippen molar-refractivity contribution >= 4 is 34.3 Å². The Labute approximate surface area is 157 Å². The zero-order chi connectivity index (χ0) is 18.5. The molecule has 0 unspecified atom stereocenters. The third-order valence-corrected chi connectivity index (χ3v) is 6.03. The smallest absolute Gasteiger partial charge is 0.308 e. The van der Waals surface area contributed by atoms with Crippen molar-refractivity contribution in [2.45, 2.75) is 44.9 Å². The molecule has 1 saturated carbocycles. The number of thiazole rings is 1. The lowest BCUT2D eigenvalue weighted by molar-refractivity contribution is -0.148. The predicted molar refractivity (Wildman–Crippen MR) is 97.7 cm³/mol.